The number of phenols is 2. The van der Waals surface area contributed by atoms with E-state index in [1.54, 1.807) is 24.3 Å². The SMILES string of the molecule is O=C(O)c1ccc2c3ccc(C(=O)O)c4c(O)ccc(c5ccc(O)c1c52)c43. The molecule has 6 nitrogen and oxygen atoms in total. The lowest BCUT2D eigenvalue weighted by Gasteiger charge is -2.17. The third-order valence-corrected chi connectivity index (χ3v) is 5.32. The number of phenolic OH excluding ortho intramolecular Hbond substituents is 2. The smallest absolute Gasteiger partial charge is 0.336 e. The maximum Gasteiger partial charge on any atom is 0.336 e. The quantitative estimate of drug-likeness (QED) is 0.267. The summed E-state index contributed by atoms with van der Waals surface area (Å²) in [6.45, 7) is 0. The van der Waals surface area contributed by atoms with Crippen LogP contribution < -0.4 is 0 Å². The molecule has 5 aromatic rings. The second kappa shape index (κ2) is 5.23. The molecule has 0 aliphatic carbocycles. The number of benzene rings is 5. The van der Waals surface area contributed by atoms with Gasteiger partial charge in [-0.2, -0.15) is 0 Å². The minimum absolute atomic E-state index is 0.0151. The van der Waals surface area contributed by atoms with Crippen molar-refractivity contribution in [2.24, 2.45) is 0 Å². The summed E-state index contributed by atoms with van der Waals surface area (Å²) in [5, 5.41) is 44.2. The number of fused-ring (bicyclic) bond motifs is 2. The van der Waals surface area contributed by atoms with Gasteiger partial charge in [0.25, 0.3) is 0 Å². The van der Waals surface area contributed by atoms with Crippen molar-refractivity contribution in [3.05, 3.63) is 59.7 Å². The van der Waals surface area contributed by atoms with Gasteiger partial charge in [0.1, 0.15) is 11.5 Å². The summed E-state index contributed by atoms with van der Waals surface area (Å²) in [4.78, 5) is 23.4. The van der Waals surface area contributed by atoms with Crippen LogP contribution in [-0.2, 0) is 0 Å². The van der Waals surface area contributed by atoms with Crippen molar-refractivity contribution >= 4 is 55.0 Å². The largest absolute Gasteiger partial charge is 0.507 e. The number of aromatic hydroxyl groups is 2. The van der Waals surface area contributed by atoms with Crippen LogP contribution in [0.3, 0.4) is 0 Å². The van der Waals surface area contributed by atoms with E-state index < -0.39 is 11.9 Å². The van der Waals surface area contributed by atoms with Crippen molar-refractivity contribution in [1.82, 2.24) is 0 Å². The van der Waals surface area contributed by atoms with Crippen LogP contribution in [0.15, 0.2) is 48.5 Å². The Labute approximate surface area is 156 Å². The van der Waals surface area contributed by atoms with Crippen molar-refractivity contribution in [2.45, 2.75) is 0 Å². The zero-order chi connectivity index (χ0) is 19.7. The molecule has 5 aromatic carbocycles. The second-order valence-corrected chi connectivity index (χ2v) is 6.70. The summed E-state index contributed by atoms with van der Waals surface area (Å²) >= 11 is 0. The number of carbonyl (C=O) groups is 2. The molecule has 0 aliphatic heterocycles. The molecule has 0 saturated heterocycles. The lowest BCUT2D eigenvalue weighted by molar-refractivity contribution is 0.0688. The van der Waals surface area contributed by atoms with Gasteiger partial charge in [-0.05, 0) is 45.8 Å². The van der Waals surface area contributed by atoms with Crippen LogP contribution in [0.2, 0.25) is 0 Å². The molecule has 0 bridgehead atoms. The average molecular weight is 372 g/mol. The second-order valence-electron chi connectivity index (χ2n) is 6.70. The third-order valence-electron chi connectivity index (χ3n) is 5.32. The van der Waals surface area contributed by atoms with Gasteiger partial charge in [0, 0.05) is 21.5 Å². The van der Waals surface area contributed by atoms with E-state index in [4.69, 9.17) is 0 Å². The van der Waals surface area contributed by atoms with Crippen LogP contribution in [-0.4, -0.2) is 32.4 Å². The Bertz CT molecular complexity index is 1350. The van der Waals surface area contributed by atoms with E-state index in [1.807, 2.05) is 0 Å². The molecule has 0 aromatic heterocycles. The Morgan fingerprint density at radius 2 is 0.821 bits per heavy atom. The van der Waals surface area contributed by atoms with Gasteiger partial charge >= 0.3 is 11.9 Å². The number of aromatic carboxylic acids is 2. The summed E-state index contributed by atoms with van der Waals surface area (Å²) in [5.74, 6) is -2.58. The maximum atomic E-state index is 11.7. The van der Waals surface area contributed by atoms with Gasteiger partial charge in [-0.1, -0.05) is 24.3 Å². The minimum Gasteiger partial charge on any atom is -0.507 e. The molecule has 0 unspecified atom stereocenters. The molecular weight excluding hydrogens is 360 g/mol. The molecule has 0 fully saturated rings. The van der Waals surface area contributed by atoms with E-state index in [1.165, 1.54) is 24.3 Å². The average Bonchev–Trinajstić information content (AvgIpc) is 2.67. The van der Waals surface area contributed by atoms with Gasteiger partial charge in [-0.3, -0.25) is 0 Å². The number of rotatable bonds is 2. The lowest BCUT2D eigenvalue weighted by atomic mass is 9.86. The molecule has 4 N–H and O–H groups in total. The molecule has 6 heteroatoms. The van der Waals surface area contributed by atoms with E-state index in [2.05, 4.69) is 0 Å². The monoisotopic (exact) mass is 372 g/mol. The molecule has 5 rings (SSSR count). The zero-order valence-electron chi connectivity index (χ0n) is 14.2. The van der Waals surface area contributed by atoms with Gasteiger partial charge in [-0.25, -0.2) is 9.59 Å². The summed E-state index contributed by atoms with van der Waals surface area (Å²) in [5.41, 5.74) is -0.0301. The van der Waals surface area contributed by atoms with Crippen LogP contribution in [0.25, 0.3) is 43.1 Å². The highest BCUT2D eigenvalue weighted by Crippen LogP contribution is 2.46. The normalized spacial score (nSPS) is 11.7. The van der Waals surface area contributed by atoms with E-state index in [0.717, 1.165) is 0 Å². The Hall–Kier alpha value is -4.06. The molecular formula is C22H12O6. The van der Waals surface area contributed by atoms with Crippen molar-refractivity contribution in [2.75, 3.05) is 0 Å². The van der Waals surface area contributed by atoms with Crippen molar-refractivity contribution in [3.63, 3.8) is 0 Å². The van der Waals surface area contributed by atoms with Crippen molar-refractivity contribution in [1.29, 1.82) is 0 Å². The fraction of sp³-hybridized carbons (Fsp3) is 0. The standard InChI is InChI=1S/C22H12O6/c23-15-7-5-11-12-6-8-16(24)20-14(22(27)28)4-2-10(18(12)20)9-1-3-13(21(25)26)19(15)17(9)11/h1-8,23-24H,(H,25,26)(H,27,28). The zero-order valence-corrected chi connectivity index (χ0v) is 14.2. The highest BCUT2D eigenvalue weighted by Gasteiger charge is 2.22. The number of hydrogen-bond acceptors (Lipinski definition) is 4. The first-order valence-corrected chi connectivity index (χ1v) is 8.45. The van der Waals surface area contributed by atoms with E-state index in [-0.39, 0.29) is 33.4 Å². The first-order valence-electron chi connectivity index (χ1n) is 8.45. The fourth-order valence-electron chi connectivity index (χ4n) is 4.21. The summed E-state index contributed by atoms with van der Waals surface area (Å²) in [6, 6.07) is 12.4. The topological polar surface area (TPSA) is 115 Å². The number of hydrogen-bond donors (Lipinski definition) is 4. The van der Waals surface area contributed by atoms with Crippen LogP contribution in [0.4, 0.5) is 0 Å². The molecule has 28 heavy (non-hydrogen) atoms. The third kappa shape index (κ3) is 1.86. The predicted octanol–water partition coefficient (Wildman–Crippen LogP) is 4.54. The Morgan fingerprint density at radius 1 is 0.500 bits per heavy atom. The van der Waals surface area contributed by atoms with Gasteiger partial charge < -0.3 is 20.4 Å². The van der Waals surface area contributed by atoms with Crippen LogP contribution in [0, 0.1) is 0 Å². The highest BCUT2D eigenvalue weighted by molar-refractivity contribution is 6.36. The van der Waals surface area contributed by atoms with E-state index in [0.29, 0.717) is 32.3 Å². The first kappa shape index (κ1) is 16.1. The predicted molar refractivity (Wildman–Crippen MR) is 105 cm³/mol. The maximum absolute atomic E-state index is 11.7. The molecule has 0 amide bonds. The van der Waals surface area contributed by atoms with Gasteiger partial charge in [-0.15, -0.1) is 0 Å². The van der Waals surface area contributed by atoms with Crippen molar-refractivity contribution < 1.29 is 30.0 Å². The molecule has 0 saturated carbocycles. The van der Waals surface area contributed by atoms with Crippen LogP contribution in [0.1, 0.15) is 20.7 Å². The van der Waals surface area contributed by atoms with Gasteiger partial charge in [0.15, 0.2) is 0 Å². The molecule has 0 aliphatic rings. The molecule has 0 radical (unpaired) electrons. The molecule has 136 valence electrons. The highest BCUT2D eigenvalue weighted by atomic mass is 16.4. The fourth-order valence-corrected chi connectivity index (χ4v) is 4.21. The van der Waals surface area contributed by atoms with Gasteiger partial charge in [0.05, 0.1) is 11.1 Å². The summed E-state index contributed by atoms with van der Waals surface area (Å²) in [6.07, 6.45) is 0. The minimum atomic E-state index is -1.15. The van der Waals surface area contributed by atoms with E-state index >= 15 is 0 Å². The Balaban J connectivity index is 2.18. The molecule has 0 atom stereocenters. The van der Waals surface area contributed by atoms with Crippen molar-refractivity contribution in [3.8, 4) is 11.5 Å². The van der Waals surface area contributed by atoms with Gasteiger partial charge in [0.2, 0.25) is 0 Å². The lowest BCUT2D eigenvalue weighted by Crippen LogP contribution is -2.01. The number of carboxylic acids is 2. The first-order chi connectivity index (χ1) is 13.4. The Kier molecular flexibility index (Phi) is 3.02. The summed E-state index contributed by atoms with van der Waals surface area (Å²) in [7, 11) is 0. The molecule has 0 heterocycles. The Morgan fingerprint density at radius 3 is 1.14 bits per heavy atom. The summed E-state index contributed by atoms with van der Waals surface area (Å²) < 4.78 is 0. The van der Waals surface area contributed by atoms with Crippen LogP contribution >= 0.6 is 0 Å². The van der Waals surface area contributed by atoms with Crippen LogP contribution in [0.5, 0.6) is 11.5 Å². The van der Waals surface area contributed by atoms with E-state index in [9.17, 15) is 30.0 Å². The molecule has 0 spiro atoms. The number of carboxylic acid groups (broad SMARTS) is 2.